The highest BCUT2D eigenvalue weighted by atomic mass is 16.2. The summed E-state index contributed by atoms with van der Waals surface area (Å²) in [7, 11) is 0. The lowest BCUT2D eigenvalue weighted by Gasteiger charge is -2.17. The minimum atomic E-state index is -0.442. The number of ketones is 1. The highest BCUT2D eigenvalue weighted by Crippen LogP contribution is 2.52. The highest BCUT2D eigenvalue weighted by molar-refractivity contribution is 6.09. The van der Waals surface area contributed by atoms with Gasteiger partial charge in [0, 0.05) is 11.3 Å². The first kappa shape index (κ1) is 15.7. The molecule has 2 bridgehead atoms. The number of Topliss-reactive ketones (excluding diaryl/α,β-unsaturated/α-hetero) is 1. The number of carbonyl (C=O) groups is 4. The number of rotatable bonds is 4. The van der Waals surface area contributed by atoms with E-state index in [1.54, 1.807) is 24.3 Å². The average molecular weight is 338 g/mol. The molecule has 2 aliphatic carbocycles. The van der Waals surface area contributed by atoms with Crippen LogP contribution < -0.4 is 5.32 Å². The molecule has 4 rings (SSSR count). The van der Waals surface area contributed by atoms with E-state index in [-0.39, 0.29) is 47.8 Å². The zero-order chi connectivity index (χ0) is 17.7. The smallest absolute Gasteiger partial charge is 0.244 e. The van der Waals surface area contributed by atoms with Gasteiger partial charge in [0.25, 0.3) is 0 Å². The number of anilines is 1. The maximum absolute atomic E-state index is 12.6. The standard InChI is InChI=1S/C19H18N2O4/c1-10(22)11-3-2-4-14(8-11)20-15(23)9-21-18(24)16-12-5-6-13(7-12)17(16)19(21)25/h2-6,8,12-13,16-17H,7,9H2,1H3,(H,20,23)/t12-,13-,16+,17+/m0/s1. The van der Waals surface area contributed by atoms with E-state index in [0.717, 1.165) is 11.3 Å². The Kier molecular flexibility index (Phi) is 3.56. The summed E-state index contributed by atoms with van der Waals surface area (Å²) < 4.78 is 0. The van der Waals surface area contributed by atoms with E-state index in [9.17, 15) is 19.2 Å². The van der Waals surface area contributed by atoms with Gasteiger partial charge in [-0.25, -0.2) is 0 Å². The molecule has 0 unspecified atom stereocenters. The predicted octanol–water partition coefficient (Wildman–Crippen LogP) is 1.63. The third kappa shape index (κ3) is 2.49. The Balaban J connectivity index is 1.45. The van der Waals surface area contributed by atoms with Gasteiger partial charge in [-0.1, -0.05) is 24.3 Å². The Morgan fingerprint density at radius 3 is 2.36 bits per heavy atom. The van der Waals surface area contributed by atoms with Crippen LogP contribution in [0.4, 0.5) is 5.69 Å². The van der Waals surface area contributed by atoms with Gasteiger partial charge in [-0.3, -0.25) is 24.1 Å². The molecular weight excluding hydrogens is 320 g/mol. The van der Waals surface area contributed by atoms with Gasteiger partial charge in [0.05, 0.1) is 11.8 Å². The number of fused-ring (bicyclic) bond motifs is 5. The van der Waals surface area contributed by atoms with E-state index in [1.807, 2.05) is 12.2 Å². The van der Waals surface area contributed by atoms with Crippen LogP contribution in [0.3, 0.4) is 0 Å². The van der Waals surface area contributed by atoms with Gasteiger partial charge in [-0.2, -0.15) is 0 Å². The summed E-state index contributed by atoms with van der Waals surface area (Å²) in [6, 6.07) is 6.57. The summed E-state index contributed by atoms with van der Waals surface area (Å²) in [6.07, 6.45) is 4.91. The second kappa shape index (κ2) is 5.65. The number of nitrogens with one attached hydrogen (secondary N) is 1. The Morgan fingerprint density at radius 2 is 1.76 bits per heavy atom. The molecule has 3 amide bonds. The number of likely N-dealkylation sites (tertiary alicyclic amines) is 1. The summed E-state index contributed by atoms with van der Waals surface area (Å²) in [6.45, 7) is 1.16. The molecule has 1 N–H and O–H groups in total. The van der Waals surface area contributed by atoms with E-state index in [2.05, 4.69) is 5.32 Å². The molecule has 1 aliphatic heterocycles. The SMILES string of the molecule is CC(=O)c1cccc(NC(=O)CN2C(=O)[C@H]3[C@H](C2=O)[C@H]2C=C[C@H]3C2)c1. The average Bonchev–Trinajstić information content (AvgIpc) is 3.25. The van der Waals surface area contributed by atoms with E-state index in [4.69, 9.17) is 0 Å². The molecule has 0 spiro atoms. The van der Waals surface area contributed by atoms with Crippen molar-refractivity contribution in [1.82, 2.24) is 4.90 Å². The molecule has 0 aromatic heterocycles. The zero-order valence-corrected chi connectivity index (χ0v) is 13.8. The quantitative estimate of drug-likeness (QED) is 0.514. The number of carbonyl (C=O) groups excluding carboxylic acids is 4. The third-order valence-electron chi connectivity index (χ3n) is 5.42. The van der Waals surface area contributed by atoms with Crippen LogP contribution in [0.25, 0.3) is 0 Å². The minimum Gasteiger partial charge on any atom is -0.325 e. The van der Waals surface area contributed by atoms with Crippen LogP contribution in [0, 0.1) is 23.7 Å². The van der Waals surface area contributed by atoms with Gasteiger partial charge in [-0.15, -0.1) is 0 Å². The maximum Gasteiger partial charge on any atom is 0.244 e. The number of imide groups is 1. The van der Waals surface area contributed by atoms with Gasteiger partial charge < -0.3 is 5.32 Å². The van der Waals surface area contributed by atoms with Crippen molar-refractivity contribution in [3.63, 3.8) is 0 Å². The number of hydrogen-bond acceptors (Lipinski definition) is 4. The fourth-order valence-electron chi connectivity index (χ4n) is 4.28. The van der Waals surface area contributed by atoms with Crippen molar-refractivity contribution in [3.8, 4) is 0 Å². The Labute approximate surface area is 144 Å². The first-order chi connectivity index (χ1) is 12.0. The molecule has 25 heavy (non-hydrogen) atoms. The number of hydrogen-bond donors (Lipinski definition) is 1. The molecule has 1 aromatic rings. The van der Waals surface area contributed by atoms with Crippen molar-refractivity contribution in [2.45, 2.75) is 13.3 Å². The van der Waals surface area contributed by atoms with Crippen LogP contribution in [-0.2, 0) is 14.4 Å². The molecule has 6 nitrogen and oxygen atoms in total. The molecule has 1 saturated carbocycles. The van der Waals surface area contributed by atoms with Gasteiger partial charge in [-0.05, 0) is 37.3 Å². The Bertz CT molecular complexity index is 798. The molecular formula is C19H18N2O4. The lowest BCUT2D eigenvalue weighted by Crippen LogP contribution is -2.39. The second-order valence-corrected chi connectivity index (χ2v) is 6.95. The monoisotopic (exact) mass is 338 g/mol. The van der Waals surface area contributed by atoms with E-state index < -0.39 is 5.91 Å². The second-order valence-electron chi connectivity index (χ2n) is 6.95. The maximum atomic E-state index is 12.6. The third-order valence-corrected chi connectivity index (χ3v) is 5.42. The fraction of sp³-hybridized carbons (Fsp3) is 0.368. The van der Waals surface area contributed by atoms with Crippen LogP contribution in [0.5, 0.6) is 0 Å². The van der Waals surface area contributed by atoms with Crippen molar-refractivity contribution in [2.24, 2.45) is 23.7 Å². The van der Waals surface area contributed by atoms with Gasteiger partial charge in [0.1, 0.15) is 6.54 Å². The van der Waals surface area contributed by atoms with E-state index in [1.165, 1.54) is 6.92 Å². The molecule has 1 aromatic carbocycles. The largest absolute Gasteiger partial charge is 0.325 e. The van der Waals surface area contributed by atoms with Crippen LogP contribution in [-0.4, -0.2) is 34.9 Å². The number of allylic oxidation sites excluding steroid dienone is 2. The Morgan fingerprint density at radius 1 is 1.12 bits per heavy atom. The van der Waals surface area contributed by atoms with Crippen molar-refractivity contribution in [2.75, 3.05) is 11.9 Å². The van der Waals surface area contributed by atoms with Gasteiger partial charge in [0.15, 0.2) is 5.78 Å². The lowest BCUT2D eigenvalue weighted by molar-refractivity contribution is -0.143. The van der Waals surface area contributed by atoms with E-state index >= 15 is 0 Å². The number of benzene rings is 1. The summed E-state index contributed by atoms with van der Waals surface area (Å²) in [4.78, 5) is 49.9. The van der Waals surface area contributed by atoms with Crippen molar-refractivity contribution in [1.29, 1.82) is 0 Å². The molecule has 6 heteroatoms. The van der Waals surface area contributed by atoms with Crippen LogP contribution in [0.2, 0.25) is 0 Å². The molecule has 128 valence electrons. The minimum absolute atomic E-state index is 0.100. The van der Waals surface area contributed by atoms with Crippen LogP contribution in [0.1, 0.15) is 23.7 Å². The van der Waals surface area contributed by atoms with E-state index in [0.29, 0.717) is 11.3 Å². The van der Waals surface area contributed by atoms with Crippen molar-refractivity contribution >= 4 is 29.2 Å². The summed E-state index contributed by atoms with van der Waals surface area (Å²) in [5.41, 5.74) is 0.960. The zero-order valence-electron chi connectivity index (χ0n) is 13.8. The number of nitrogens with zero attached hydrogens (tertiary/aromatic N) is 1. The molecule has 0 radical (unpaired) electrons. The predicted molar refractivity (Wildman–Crippen MR) is 89.5 cm³/mol. The molecule has 4 atom stereocenters. The normalized spacial score (nSPS) is 29.2. The lowest BCUT2D eigenvalue weighted by atomic mass is 9.85. The Hall–Kier alpha value is -2.76. The summed E-state index contributed by atoms with van der Waals surface area (Å²) in [5, 5.41) is 2.66. The van der Waals surface area contributed by atoms with Gasteiger partial charge >= 0.3 is 0 Å². The molecule has 1 heterocycles. The molecule has 2 fully saturated rings. The van der Waals surface area contributed by atoms with Gasteiger partial charge in [0.2, 0.25) is 17.7 Å². The highest BCUT2D eigenvalue weighted by Gasteiger charge is 2.59. The number of amides is 3. The summed E-state index contributed by atoms with van der Waals surface area (Å²) in [5.74, 6) is -1.34. The first-order valence-corrected chi connectivity index (χ1v) is 8.40. The first-order valence-electron chi connectivity index (χ1n) is 8.40. The van der Waals surface area contributed by atoms with Crippen molar-refractivity contribution in [3.05, 3.63) is 42.0 Å². The summed E-state index contributed by atoms with van der Waals surface area (Å²) >= 11 is 0. The van der Waals surface area contributed by atoms with Crippen LogP contribution >= 0.6 is 0 Å². The molecule has 1 saturated heterocycles. The van der Waals surface area contributed by atoms with Crippen molar-refractivity contribution < 1.29 is 19.2 Å². The fourth-order valence-corrected chi connectivity index (χ4v) is 4.28. The van der Waals surface area contributed by atoms with Crippen LogP contribution in [0.15, 0.2) is 36.4 Å². The molecule has 3 aliphatic rings. The topological polar surface area (TPSA) is 83.6 Å².